The van der Waals surface area contributed by atoms with Crippen LogP contribution >= 0.6 is 11.3 Å². The van der Waals surface area contributed by atoms with Gasteiger partial charge in [-0.15, -0.1) is 11.3 Å². The molecule has 5 nitrogen and oxygen atoms in total. The number of hydrogen-bond donors (Lipinski definition) is 1. The summed E-state index contributed by atoms with van der Waals surface area (Å²) in [6.07, 6.45) is 5.21. The highest BCUT2D eigenvalue weighted by Crippen LogP contribution is 2.38. The Labute approximate surface area is 184 Å². The second-order valence-electron chi connectivity index (χ2n) is 8.85. The average molecular weight is 440 g/mol. The Balaban J connectivity index is 1.49. The Kier molecular flexibility index (Phi) is 5.08. The third-order valence-corrected chi connectivity index (χ3v) is 7.68. The Morgan fingerprint density at radius 3 is 2.68 bits per heavy atom. The van der Waals surface area contributed by atoms with E-state index in [9.17, 15) is 14.0 Å². The van der Waals surface area contributed by atoms with Crippen molar-refractivity contribution in [1.82, 2.24) is 14.8 Å². The van der Waals surface area contributed by atoms with E-state index in [1.807, 2.05) is 33.9 Å². The summed E-state index contributed by atoms with van der Waals surface area (Å²) in [6.45, 7) is 2.63. The molecular formula is C24H26FN3O2S. The van der Waals surface area contributed by atoms with Gasteiger partial charge in [0.05, 0.1) is 6.54 Å². The van der Waals surface area contributed by atoms with E-state index in [-0.39, 0.29) is 23.7 Å². The molecule has 7 heteroatoms. The zero-order valence-corrected chi connectivity index (χ0v) is 18.4. The summed E-state index contributed by atoms with van der Waals surface area (Å²) in [7, 11) is 0. The van der Waals surface area contributed by atoms with Crippen molar-refractivity contribution in [3.63, 3.8) is 0 Å². The fourth-order valence-corrected chi connectivity index (χ4v) is 6.00. The van der Waals surface area contributed by atoms with Crippen LogP contribution in [0, 0.1) is 5.82 Å². The van der Waals surface area contributed by atoms with Crippen molar-refractivity contribution in [2.45, 2.75) is 63.7 Å². The van der Waals surface area contributed by atoms with Gasteiger partial charge < -0.3 is 14.8 Å². The summed E-state index contributed by atoms with van der Waals surface area (Å²) < 4.78 is 15.2. The van der Waals surface area contributed by atoms with Gasteiger partial charge in [0.25, 0.3) is 5.91 Å². The van der Waals surface area contributed by atoms with Crippen molar-refractivity contribution in [2.24, 2.45) is 0 Å². The molecule has 1 aliphatic carbocycles. The molecule has 5 rings (SSSR count). The predicted molar refractivity (Wildman–Crippen MR) is 120 cm³/mol. The lowest BCUT2D eigenvalue weighted by Gasteiger charge is -2.48. The van der Waals surface area contributed by atoms with Crippen molar-refractivity contribution in [3.8, 4) is 0 Å². The predicted octanol–water partition coefficient (Wildman–Crippen LogP) is 4.71. The fraction of sp³-hybridized carbons (Fsp3) is 0.417. The van der Waals surface area contributed by atoms with Crippen molar-refractivity contribution in [1.29, 1.82) is 0 Å². The van der Waals surface area contributed by atoms with Gasteiger partial charge in [-0.3, -0.25) is 9.59 Å². The normalized spacial score (nSPS) is 22.0. The number of thiophene rings is 1. The number of benzene rings is 1. The van der Waals surface area contributed by atoms with Gasteiger partial charge in [0.2, 0.25) is 5.91 Å². The molecule has 1 saturated carbocycles. The third-order valence-electron chi connectivity index (χ3n) is 6.73. The minimum atomic E-state index is -0.984. The molecule has 0 saturated heterocycles. The lowest BCUT2D eigenvalue weighted by molar-refractivity contribution is -0.134. The van der Waals surface area contributed by atoms with Crippen LogP contribution in [0.25, 0.3) is 10.2 Å². The smallest absolute Gasteiger partial charge is 0.271 e. The maximum absolute atomic E-state index is 13.7. The van der Waals surface area contributed by atoms with Crippen molar-refractivity contribution >= 4 is 33.4 Å². The molecule has 1 aliphatic heterocycles. The van der Waals surface area contributed by atoms with E-state index >= 15 is 0 Å². The van der Waals surface area contributed by atoms with Crippen LogP contribution in [0.1, 0.15) is 55.1 Å². The van der Waals surface area contributed by atoms with E-state index in [1.54, 1.807) is 23.5 Å². The molecule has 1 aromatic carbocycles. The Morgan fingerprint density at radius 2 is 1.94 bits per heavy atom. The number of carbonyl (C=O) groups is 2. The molecule has 1 N–H and O–H groups in total. The van der Waals surface area contributed by atoms with Crippen molar-refractivity contribution < 1.29 is 14.0 Å². The number of nitrogens with zero attached hydrogens (tertiary/aromatic N) is 2. The van der Waals surface area contributed by atoms with Gasteiger partial charge in [0.1, 0.15) is 21.9 Å². The summed E-state index contributed by atoms with van der Waals surface area (Å²) in [5, 5.41) is 6.08. The van der Waals surface area contributed by atoms with Crippen molar-refractivity contribution in [3.05, 3.63) is 58.9 Å². The minimum absolute atomic E-state index is 0.0546. The highest BCUT2D eigenvalue weighted by Gasteiger charge is 2.50. The van der Waals surface area contributed by atoms with E-state index < -0.39 is 5.54 Å². The molecular weight excluding hydrogens is 413 g/mol. The van der Waals surface area contributed by atoms with Crippen LogP contribution in [-0.4, -0.2) is 32.9 Å². The second kappa shape index (κ2) is 7.79. The molecule has 0 spiro atoms. The molecule has 0 radical (unpaired) electrons. The third kappa shape index (κ3) is 3.45. The van der Waals surface area contributed by atoms with Crippen LogP contribution in [0.15, 0.2) is 41.8 Å². The quantitative estimate of drug-likeness (QED) is 0.640. The van der Waals surface area contributed by atoms with Gasteiger partial charge in [-0.05, 0) is 55.0 Å². The fourth-order valence-electron chi connectivity index (χ4n) is 5.11. The molecule has 1 fully saturated rings. The van der Waals surface area contributed by atoms with Gasteiger partial charge in [0.15, 0.2) is 0 Å². The molecule has 162 valence electrons. The minimum Gasteiger partial charge on any atom is -0.350 e. The Morgan fingerprint density at radius 1 is 1.19 bits per heavy atom. The second-order valence-corrected chi connectivity index (χ2v) is 9.74. The van der Waals surface area contributed by atoms with Crippen LogP contribution in [0.5, 0.6) is 0 Å². The van der Waals surface area contributed by atoms with E-state index in [0.717, 1.165) is 41.5 Å². The summed E-state index contributed by atoms with van der Waals surface area (Å²) >= 11 is 1.60. The summed E-state index contributed by atoms with van der Waals surface area (Å²) in [4.78, 5) is 30.2. The first-order chi connectivity index (χ1) is 15.0. The molecule has 3 heterocycles. The van der Waals surface area contributed by atoms with Gasteiger partial charge >= 0.3 is 0 Å². The molecule has 2 amide bonds. The number of nitrogens with one attached hydrogen (secondary N) is 1. The number of rotatable bonds is 4. The van der Waals surface area contributed by atoms with E-state index in [0.29, 0.717) is 18.8 Å². The lowest BCUT2D eigenvalue weighted by atomic mass is 9.86. The molecule has 2 aromatic heterocycles. The van der Waals surface area contributed by atoms with Gasteiger partial charge in [0, 0.05) is 18.0 Å². The first kappa shape index (κ1) is 20.2. The zero-order chi connectivity index (χ0) is 21.6. The number of carbonyl (C=O) groups excluding carboxylic acids is 2. The zero-order valence-electron chi connectivity index (χ0n) is 17.6. The van der Waals surface area contributed by atoms with E-state index in [1.165, 1.54) is 18.6 Å². The highest BCUT2D eigenvalue weighted by molar-refractivity contribution is 7.16. The SMILES string of the molecule is C[C@@]1(C(=O)NCc2ccc(F)cc2)Cn2c(cc3ccsc32)C(=O)N1C1CCCCC1. The van der Waals surface area contributed by atoms with E-state index in [2.05, 4.69) is 5.32 Å². The standard InChI is InChI=1S/C24H26FN3O2S/c1-24(23(30)26-14-16-7-9-18(25)10-8-16)15-27-20(13-17-11-12-31-22(17)27)21(29)28(24)19-5-3-2-4-6-19/h7-13,19H,2-6,14-15H2,1H3,(H,26,30)/t24-/m0/s1. The van der Waals surface area contributed by atoms with Crippen LogP contribution in [-0.2, 0) is 17.9 Å². The number of halogens is 1. The Bertz CT molecular complexity index is 1130. The molecule has 2 aliphatic rings. The number of amides is 2. The lowest BCUT2D eigenvalue weighted by Crippen LogP contribution is -2.66. The van der Waals surface area contributed by atoms with E-state index in [4.69, 9.17) is 0 Å². The van der Waals surface area contributed by atoms with Crippen molar-refractivity contribution in [2.75, 3.05) is 0 Å². The summed E-state index contributed by atoms with van der Waals surface area (Å²) in [5.74, 6) is -0.524. The average Bonchev–Trinajstić information content (AvgIpc) is 3.36. The maximum Gasteiger partial charge on any atom is 0.271 e. The van der Waals surface area contributed by atoms with Gasteiger partial charge in [-0.1, -0.05) is 31.4 Å². The van der Waals surface area contributed by atoms with Crippen LogP contribution in [0.2, 0.25) is 0 Å². The van der Waals surface area contributed by atoms with Crippen LogP contribution in [0.4, 0.5) is 4.39 Å². The van der Waals surface area contributed by atoms with Crippen LogP contribution in [0.3, 0.4) is 0 Å². The first-order valence-corrected chi connectivity index (χ1v) is 11.8. The van der Waals surface area contributed by atoms with Gasteiger partial charge in [-0.2, -0.15) is 0 Å². The highest BCUT2D eigenvalue weighted by atomic mass is 32.1. The topological polar surface area (TPSA) is 54.3 Å². The number of hydrogen-bond acceptors (Lipinski definition) is 3. The first-order valence-electron chi connectivity index (χ1n) is 10.9. The summed E-state index contributed by atoms with van der Waals surface area (Å²) in [5.41, 5.74) is 0.519. The van der Waals surface area contributed by atoms with Gasteiger partial charge in [-0.25, -0.2) is 4.39 Å². The van der Waals surface area contributed by atoms with Crippen LogP contribution < -0.4 is 5.32 Å². The molecule has 0 unspecified atom stereocenters. The maximum atomic E-state index is 13.7. The molecule has 0 bridgehead atoms. The number of fused-ring (bicyclic) bond motifs is 3. The summed E-state index contributed by atoms with van der Waals surface area (Å²) in [6, 6.07) is 10.2. The monoisotopic (exact) mass is 439 g/mol. The molecule has 31 heavy (non-hydrogen) atoms. The Hall–Kier alpha value is -2.67. The number of aromatic nitrogens is 1. The molecule has 1 atom stereocenters. The largest absolute Gasteiger partial charge is 0.350 e. The molecule has 3 aromatic rings.